The van der Waals surface area contributed by atoms with Crippen molar-refractivity contribution in [3.63, 3.8) is 0 Å². The molecule has 1 saturated heterocycles. The van der Waals surface area contributed by atoms with E-state index in [1.165, 1.54) is 12.8 Å². The summed E-state index contributed by atoms with van der Waals surface area (Å²) in [6, 6.07) is 8.45. The summed E-state index contributed by atoms with van der Waals surface area (Å²) in [5, 5.41) is 8.76. The fourth-order valence-electron chi connectivity index (χ4n) is 4.80. The van der Waals surface area contributed by atoms with Crippen LogP contribution in [0.2, 0.25) is 5.02 Å². The minimum absolute atomic E-state index is 0.350. The fraction of sp³-hybridized carbons (Fsp3) is 0.455. The van der Waals surface area contributed by atoms with E-state index >= 15 is 0 Å². The minimum Gasteiger partial charge on any atom is -0.424 e. The molecule has 2 bridgehead atoms. The van der Waals surface area contributed by atoms with Crippen LogP contribution in [0.15, 0.2) is 30.6 Å². The lowest BCUT2D eigenvalue weighted by Gasteiger charge is -2.38. The van der Waals surface area contributed by atoms with Crippen LogP contribution in [0.4, 0.5) is 11.8 Å². The van der Waals surface area contributed by atoms with Crippen LogP contribution in [-0.4, -0.2) is 43.9 Å². The van der Waals surface area contributed by atoms with Crippen LogP contribution in [0.3, 0.4) is 0 Å². The summed E-state index contributed by atoms with van der Waals surface area (Å²) in [5.74, 6) is 3.33. The number of hydrogen-bond donors (Lipinski definition) is 1. The van der Waals surface area contributed by atoms with Crippen LogP contribution in [0.25, 0.3) is 0 Å². The van der Waals surface area contributed by atoms with Gasteiger partial charge in [0.05, 0.1) is 0 Å². The van der Waals surface area contributed by atoms with Gasteiger partial charge in [0.25, 0.3) is 0 Å². The summed E-state index contributed by atoms with van der Waals surface area (Å²) < 4.78 is 7.59. The molecule has 9 heteroatoms. The van der Waals surface area contributed by atoms with Crippen molar-refractivity contribution in [1.29, 1.82) is 0 Å². The number of benzene rings is 1. The average Bonchev–Trinajstić information content (AvgIpc) is 3.15. The highest BCUT2D eigenvalue weighted by molar-refractivity contribution is 6.30. The Bertz CT molecular complexity index is 1070. The zero-order valence-electron chi connectivity index (χ0n) is 17.9. The first-order valence-electron chi connectivity index (χ1n) is 10.6. The first kappa shape index (κ1) is 20.1. The molecule has 0 unspecified atom stereocenters. The molecule has 1 aliphatic carbocycles. The summed E-state index contributed by atoms with van der Waals surface area (Å²) in [7, 11) is 1.83. The SMILES string of the molecule is Cc1cc(Cl)cc(Oc2nc(N[C@H]3[C@@H]4CC[C@H]3CN(c3cc(C)ncn3)C4)nn2C)c1. The van der Waals surface area contributed by atoms with Crippen molar-refractivity contribution in [3.05, 3.63) is 46.9 Å². The van der Waals surface area contributed by atoms with Crippen LogP contribution in [0, 0.1) is 25.7 Å². The van der Waals surface area contributed by atoms with Crippen LogP contribution in [0.5, 0.6) is 11.8 Å². The maximum absolute atomic E-state index is 6.15. The third-order valence-corrected chi connectivity index (χ3v) is 6.41. The number of nitrogens with one attached hydrogen (secondary N) is 1. The Morgan fingerprint density at radius 2 is 1.84 bits per heavy atom. The zero-order valence-corrected chi connectivity index (χ0v) is 18.7. The monoisotopic (exact) mass is 439 g/mol. The first-order valence-corrected chi connectivity index (χ1v) is 11.0. The Kier molecular flexibility index (Phi) is 5.17. The molecule has 3 heterocycles. The molecule has 1 N–H and O–H groups in total. The quantitative estimate of drug-likeness (QED) is 0.643. The average molecular weight is 440 g/mol. The van der Waals surface area contributed by atoms with Gasteiger partial charge in [0, 0.05) is 43.0 Å². The molecule has 2 aromatic heterocycles. The molecule has 3 aromatic rings. The Balaban J connectivity index is 1.28. The summed E-state index contributed by atoms with van der Waals surface area (Å²) >= 11 is 6.15. The van der Waals surface area contributed by atoms with Gasteiger partial charge in [0.1, 0.15) is 17.9 Å². The molecular formula is C22H26ClN7O. The van der Waals surface area contributed by atoms with E-state index in [0.29, 0.717) is 40.6 Å². The van der Waals surface area contributed by atoms with Crippen molar-refractivity contribution in [3.8, 4) is 11.8 Å². The smallest absolute Gasteiger partial charge is 0.321 e. The molecule has 2 fully saturated rings. The summed E-state index contributed by atoms with van der Waals surface area (Å²) in [5.41, 5.74) is 2.03. The number of halogens is 1. The second-order valence-corrected chi connectivity index (χ2v) is 9.03. The number of anilines is 2. The maximum Gasteiger partial charge on any atom is 0.321 e. The Hall–Kier alpha value is -2.87. The van der Waals surface area contributed by atoms with E-state index in [9.17, 15) is 0 Å². The van der Waals surface area contributed by atoms with Gasteiger partial charge >= 0.3 is 6.01 Å². The number of aromatic nitrogens is 5. The van der Waals surface area contributed by atoms with Crippen molar-refractivity contribution >= 4 is 23.4 Å². The maximum atomic E-state index is 6.15. The van der Waals surface area contributed by atoms with Gasteiger partial charge in [0.15, 0.2) is 0 Å². The van der Waals surface area contributed by atoms with Gasteiger partial charge in [0.2, 0.25) is 5.95 Å². The predicted octanol–water partition coefficient (Wildman–Crippen LogP) is 3.99. The lowest BCUT2D eigenvalue weighted by atomic mass is 9.92. The molecule has 0 amide bonds. The Labute approximate surface area is 186 Å². The van der Waals surface area contributed by atoms with Gasteiger partial charge in [-0.15, -0.1) is 5.10 Å². The molecule has 8 nitrogen and oxygen atoms in total. The van der Waals surface area contributed by atoms with Crippen LogP contribution < -0.4 is 15.0 Å². The molecule has 0 spiro atoms. The standard InChI is InChI=1S/C22H26ClN7O/c1-13-6-17(23)9-18(7-13)31-22-27-21(28-29(22)3)26-20-15-4-5-16(20)11-30(10-15)19-8-14(2)24-12-25-19/h6-9,12,15-16,20H,4-5,10-11H2,1-3H3,(H,26,28)/t15-,16+,20+. The van der Waals surface area contributed by atoms with Gasteiger partial charge in [-0.25, -0.2) is 14.6 Å². The lowest BCUT2D eigenvalue weighted by molar-refractivity contribution is 0.374. The van der Waals surface area contributed by atoms with Crippen LogP contribution >= 0.6 is 11.6 Å². The lowest BCUT2D eigenvalue weighted by Crippen LogP contribution is -2.48. The van der Waals surface area contributed by atoms with Crippen LogP contribution in [-0.2, 0) is 7.05 Å². The van der Waals surface area contributed by atoms with E-state index in [-0.39, 0.29) is 0 Å². The molecule has 2 aliphatic rings. The second-order valence-electron chi connectivity index (χ2n) is 8.60. The Morgan fingerprint density at radius 3 is 2.55 bits per heavy atom. The van der Waals surface area contributed by atoms with Crippen molar-refractivity contribution < 1.29 is 4.74 Å². The Morgan fingerprint density at radius 1 is 1.06 bits per heavy atom. The summed E-state index contributed by atoms with van der Waals surface area (Å²) in [4.78, 5) is 15.7. The highest BCUT2D eigenvalue weighted by Crippen LogP contribution is 2.39. The fourth-order valence-corrected chi connectivity index (χ4v) is 5.07. The van der Waals surface area contributed by atoms with Gasteiger partial charge in [-0.1, -0.05) is 11.6 Å². The van der Waals surface area contributed by atoms with Crippen molar-refractivity contribution in [2.75, 3.05) is 23.3 Å². The number of fused-ring (bicyclic) bond motifs is 2. The van der Waals surface area contributed by atoms with Gasteiger partial charge < -0.3 is 15.0 Å². The third-order valence-electron chi connectivity index (χ3n) is 6.19. The molecule has 162 valence electrons. The van der Waals surface area contributed by atoms with E-state index in [1.807, 2.05) is 33.0 Å². The predicted molar refractivity (Wildman–Crippen MR) is 120 cm³/mol. The van der Waals surface area contributed by atoms with E-state index in [0.717, 1.165) is 30.2 Å². The molecule has 3 atom stereocenters. The number of piperidine rings is 1. The topological polar surface area (TPSA) is 81.0 Å². The zero-order chi connectivity index (χ0) is 21.5. The van der Waals surface area contributed by atoms with Crippen molar-refractivity contribution in [1.82, 2.24) is 24.7 Å². The molecule has 1 aromatic carbocycles. The molecule has 0 radical (unpaired) electrons. The summed E-state index contributed by atoms with van der Waals surface area (Å²) in [6.07, 6.45) is 4.04. The van der Waals surface area contributed by atoms with Gasteiger partial charge in [-0.05, 0) is 62.3 Å². The van der Waals surface area contributed by atoms with E-state index < -0.39 is 0 Å². The molecule has 5 rings (SSSR count). The highest BCUT2D eigenvalue weighted by Gasteiger charge is 2.43. The highest BCUT2D eigenvalue weighted by atomic mass is 35.5. The molecular weight excluding hydrogens is 414 g/mol. The van der Waals surface area contributed by atoms with E-state index in [4.69, 9.17) is 16.3 Å². The van der Waals surface area contributed by atoms with Crippen LogP contribution in [0.1, 0.15) is 24.1 Å². The normalized spacial score (nSPS) is 22.6. The third kappa shape index (κ3) is 4.17. The number of ether oxygens (including phenoxy) is 1. The number of nitrogens with zero attached hydrogens (tertiary/aromatic N) is 6. The molecule has 31 heavy (non-hydrogen) atoms. The number of rotatable bonds is 5. The largest absolute Gasteiger partial charge is 0.424 e. The minimum atomic E-state index is 0.350. The van der Waals surface area contributed by atoms with Crippen molar-refractivity contribution in [2.45, 2.75) is 32.7 Å². The van der Waals surface area contributed by atoms with Gasteiger partial charge in [-0.2, -0.15) is 4.98 Å². The molecule has 1 saturated carbocycles. The van der Waals surface area contributed by atoms with E-state index in [1.54, 1.807) is 17.1 Å². The number of aryl methyl sites for hydroxylation is 3. The molecule has 1 aliphatic heterocycles. The number of hydrogen-bond acceptors (Lipinski definition) is 7. The second kappa shape index (κ2) is 8.00. The summed E-state index contributed by atoms with van der Waals surface area (Å²) in [6.45, 7) is 5.93. The van der Waals surface area contributed by atoms with Crippen molar-refractivity contribution in [2.24, 2.45) is 18.9 Å². The van der Waals surface area contributed by atoms with E-state index in [2.05, 4.69) is 36.3 Å². The van der Waals surface area contributed by atoms with Gasteiger partial charge in [-0.3, -0.25) is 0 Å². The first-order chi connectivity index (χ1) is 14.9.